The van der Waals surface area contributed by atoms with Crippen molar-refractivity contribution in [1.29, 1.82) is 0 Å². The fourth-order valence-corrected chi connectivity index (χ4v) is 6.18. The zero-order chi connectivity index (χ0) is 26.6. The van der Waals surface area contributed by atoms with E-state index in [1.54, 1.807) is 30.3 Å². The largest absolute Gasteiger partial charge is 0.507 e. The maximum absolute atomic E-state index is 13.2. The average Bonchev–Trinajstić information content (AvgIpc) is 2.84. The molecular formula is C29H35NO6S. The number of rotatable bonds is 8. The van der Waals surface area contributed by atoms with E-state index < -0.39 is 21.6 Å². The predicted molar refractivity (Wildman–Crippen MR) is 143 cm³/mol. The van der Waals surface area contributed by atoms with Crippen molar-refractivity contribution in [1.82, 2.24) is 0 Å². The summed E-state index contributed by atoms with van der Waals surface area (Å²) in [4.78, 5) is 13.3. The first-order valence-corrected chi connectivity index (χ1v) is 14.4. The molecule has 3 N–H and O–H groups in total. The van der Waals surface area contributed by atoms with E-state index in [9.17, 15) is 23.4 Å². The van der Waals surface area contributed by atoms with Crippen molar-refractivity contribution in [2.45, 2.75) is 76.2 Å². The van der Waals surface area contributed by atoms with Crippen molar-refractivity contribution in [3.05, 3.63) is 87.0 Å². The highest BCUT2D eigenvalue weighted by atomic mass is 32.2. The Morgan fingerprint density at radius 2 is 1.73 bits per heavy atom. The van der Waals surface area contributed by atoms with Crippen LogP contribution in [0, 0.1) is 5.92 Å². The van der Waals surface area contributed by atoms with Gasteiger partial charge in [-0.3, -0.25) is 4.72 Å². The molecule has 7 nitrogen and oxygen atoms in total. The van der Waals surface area contributed by atoms with Gasteiger partial charge < -0.3 is 14.6 Å². The Kier molecular flexibility index (Phi) is 8.39. The summed E-state index contributed by atoms with van der Waals surface area (Å²) in [5.74, 6) is 0.341. The Hall–Kier alpha value is -3.10. The minimum absolute atomic E-state index is 0.0191. The van der Waals surface area contributed by atoms with Crippen LogP contribution in [0.1, 0.15) is 79.9 Å². The molecule has 1 heterocycles. The number of sulfonamides is 1. The third-order valence-electron chi connectivity index (χ3n) is 6.88. The SMILES string of the molecule is CC(C)CC(c1cccc(NS(=O)(=O)c2cccc(CO)c2)c1)c1c(O)c2c(oc1=O)CCCCCC2. The molecular weight excluding hydrogens is 490 g/mol. The first kappa shape index (κ1) is 26.9. The van der Waals surface area contributed by atoms with Crippen LogP contribution in [0.4, 0.5) is 5.69 Å². The van der Waals surface area contributed by atoms with Crippen LogP contribution in [-0.2, 0) is 29.5 Å². The van der Waals surface area contributed by atoms with Gasteiger partial charge in [0.1, 0.15) is 11.5 Å². The second-order valence-electron chi connectivity index (χ2n) is 10.2. The molecule has 0 amide bonds. The lowest BCUT2D eigenvalue weighted by atomic mass is 9.83. The van der Waals surface area contributed by atoms with Gasteiger partial charge in [-0.05, 0) is 67.0 Å². The first-order chi connectivity index (χ1) is 17.7. The van der Waals surface area contributed by atoms with E-state index in [2.05, 4.69) is 4.72 Å². The highest BCUT2D eigenvalue weighted by Crippen LogP contribution is 2.39. The van der Waals surface area contributed by atoms with Crippen molar-refractivity contribution in [2.24, 2.45) is 5.92 Å². The van der Waals surface area contributed by atoms with Crippen LogP contribution in [0.2, 0.25) is 0 Å². The van der Waals surface area contributed by atoms with Crippen LogP contribution in [0.5, 0.6) is 5.75 Å². The van der Waals surface area contributed by atoms with Crippen LogP contribution in [0.25, 0.3) is 0 Å². The number of hydrogen-bond donors (Lipinski definition) is 3. The number of fused-ring (bicyclic) bond motifs is 1. The van der Waals surface area contributed by atoms with E-state index in [1.807, 2.05) is 19.9 Å². The van der Waals surface area contributed by atoms with Gasteiger partial charge in [-0.25, -0.2) is 13.2 Å². The quantitative estimate of drug-likeness (QED) is 0.359. The third-order valence-corrected chi connectivity index (χ3v) is 8.26. The molecule has 0 spiro atoms. The van der Waals surface area contributed by atoms with Gasteiger partial charge in [-0.2, -0.15) is 0 Å². The predicted octanol–water partition coefficient (Wildman–Crippen LogP) is 5.48. The third kappa shape index (κ3) is 6.25. The van der Waals surface area contributed by atoms with Crippen LogP contribution in [0.15, 0.2) is 62.6 Å². The molecule has 4 rings (SSSR count). The summed E-state index contributed by atoms with van der Waals surface area (Å²) in [6.45, 7) is 3.82. The van der Waals surface area contributed by atoms with E-state index in [0.717, 1.165) is 31.2 Å². The summed E-state index contributed by atoms with van der Waals surface area (Å²) in [7, 11) is -3.90. The van der Waals surface area contributed by atoms with E-state index in [1.165, 1.54) is 12.1 Å². The molecule has 0 saturated heterocycles. The fraction of sp³-hybridized carbons (Fsp3) is 0.414. The van der Waals surface area contributed by atoms with Gasteiger partial charge in [-0.15, -0.1) is 0 Å². The normalized spacial score (nSPS) is 15.0. The number of benzene rings is 2. The molecule has 0 saturated carbocycles. The Bertz CT molecular complexity index is 1410. The van der Waals surface area contributed by atoms with Crippen LogP contribution < -0.4 is 10.3 Å². The molecule has 0 aliphatic heterocycles. The van der Waals surface area contributed by atoms with E-state index in [-0.39, 0.29) is 28.7 Å². The Balaban J connectivity index is 1.74. The van der Waals surface area contributed by atoms with Crippen LogP contribution in [0.3, 0.4) is 0 Å². The minimum Gasteiger partial charge on any atom is -0.507 e. The minimum atomic E-state index is -3.90. The Morgan fingerprint density at radius 3 is 2.46 bits per heavy atom. The van der Waals surface area contributed by atoms with Crippen LogP contribution in [-0.4, -0.2) is 18.6 Å². The molecule has 3 aromatic rings. The number of anilines is 1. The molecule has 0 fully saturated rings. The summed E-state index contributed by atoms with van der Waals surface area (Å²) in [5.41, 5.74) is 1.98. The number of aliphatic hydroxyl groups is 1. The van der Waals surface area contributed by atoms with E-state index in [0.29, 0.717) is 41.8 Å². The fourth-order valence-electron chi connectivity index (χ4n) is 5.06. The van der Waals surface area contributed by atoms with E-state index in [4.69, 9.17) is 4.42 Å². The lowest BCUT2D eigenvalue weighted by Crippen LogP contribution is -2.19. The molecule has 1 aromatic heterocycles. The summed E-state index contributed by atoms with van der Waals surface area (Å²) in [5, 5.41) is 20.7. The molecule has 0 radical (unpaired) electrons. The molecule has 1 aliphatic rings. The number of aromatic hydroxyl groups is 1. The lowest BCUT2D eigenvalue weighted by molar-refractivity contribution is 0.281. The molecule has 1 atom stereocenters. The maximum Gasteiger partial charge on any atom is 0.343 e. The monoisotopic (exact) mass is 525 g/mol. The standard InChI is InChI=1S/C29H35NO6S/c1-19(2)15-25(27-28(32)24-13-5-3-4-6-14-26(24)36-29(27)33)21-10-8-11-22(17-21)30-37(34,35)23-12-7-9-20(16-23)18-31/h7-12,16-17,19,25,30-32H,3-6,13-15,18H2,1-2H3. The van der Waals surface area contributed by atoms with Gasteiger partial charge >= 0.3 is 5.63 Å². The van der Waals surface area contributed by atoms with Crippen molar-refractivity contribution in [2.75, 3.05) is 4.72 Å². The highest BCUT2D eigenvalue weighted by molar-refractivity contribution is 7.92. The van der Waals surface area contributed by atoms with E-state index >= 15 is 0 Å². The van der Waals surface area contributed by atoms with Crippen molar-refractivity contribution in [3.8, 4) is 5.75 Å². The molecule has 1 unspecified atom stereocenters. The number of nitrogens with one attached hydrogen (secondary N) is 1. The van der Waals surface area contributed by atoms with Gasteiger partial charge in [0.2, 0.25) is 0 Å². The van der Waals surface area contributed by atoms with Gasteiger partial charge in [-0.1, -0.05) is 51.0 Å². The summed E-state index contributed by atoms with van der Waals surface area (Å²) >= 11 is 0. The zero-order valence-electron chi connectivity index (χ0n) is 21.4. The van der Waals surface area contributed by atoms with Gasteiger partial charge in [0.15, 0.2) is 0 Å². The molecule has 1 aliphatic carbocycles. The second kappa shape index (κ2) is 11.5. The number of aryl methyl sites for hydroxylation is 1. The van der Waals surface area contributed by atoms with Gasteiger partial charge in [0.25, 0.3) is 10.0 Å². The maximum atomic E-state index is 13.2. The molecule has 2 aromatic carbocycles. The van der Waals surface area contributed by atoms with Crippen molar-refractivity contribution >= 4 is 15.7 Å². The number of aliphatic hydroxyl groups excluding tert-OH is 1. The van der Waals surface area contributed by atoms with Crippen molar-refractivity contribution < 1.29 is 23.0 Å². The summed E-state index contributed by atoms with van der Waals surface area (Å²) in [6, 6.07) is 13.0. The number of hydrogen-bond acceptors (Lipinski definition) is 6. The molecule has 8 heteroatoms. The Labute approximate surface area is 218 Å². The second-order valence-corrected chi connectivity index (χ2v) is 11.9. The average molecular weight is 526 g/mol. The molecule has 198 valence electrons. The molecule has 0 bridgehead atoms. The Morgan fingerprint density at radius 1 is 1.00 bits per heavy atom. The molecule has 37 heavy (non-hydrogen) atoms. The zero-order valence-corrected chi connectivity index (χ0v) is 22.2. The van der Waals surface area contributed by atoms with Crippen LogP contribution >= 0.6 is 0 Å². The summed E-state index contributed by atoms with van der Waals surface area (Å²) in [6.07, 6.45) is 5.89. The topological polar surface area (TPSA) is 117 Å². The first-order valence-electron chi connectivity index (χ1n) is 12.9. The van der Waals surface area contributed by atoms with Gasteiger partial charge in [0, 0.05) is 23.6 Å². The smallest absolute Gasteiger partial charge is 0.343 e. The van der Waals surface area contributed by atoms with Crippen molar-refractivity contribution in [3.63, 3.8) is 0 Å². The lowest BCUT2D eigenvalue weighted by Gasteiger charge is -2.23. The summed E-state index contributed by atoms with van der Waals surface area (Å²) < 4.78 is 34.4. The van der Waals surface area contributed by atoms with Gasteiger partial charge in [0.05, 0.1) is 17.1 Å². The highest BCUT2D eigenvalue weighted by Gasteiger charge is 2.28.